The minimum Gasteiger partial charge on any atom is -0.456 e. The van der Waals surface area contributed by atoms with Crippen LogP contribution in [-0.2, 0) is 5.41 Å². The van der Waals surface area contributed by atoms with Crippen LogP contribution in [-0.4, -0.2) is 0 Å². The van der Waals surface area contributed by atoms with Gasteiger partial charge >= 0.3 is 0 Å². The molecular formula is C49H33NO2. The number of para-hydroxylation sites is 2. The molecule has 0 unspecified atom stereocenters. The van der Waals surface area contributed by atoms with Crippen LogP contribution < -0.4 is 4.90 Å². The Balaban J connectivity index is 1.11. The fourth-order valence-electron chi connectivity index (χ4n) is 8.73. The average molecular weight is 668 g/mol. The van der Waals surface area contributed by atoms with Gasteiger partial charge in [-0.1, -0.05) is 117 Å². The first kappa shape index (κ1) is 29.2. The molecule has 3 nitrogen and oxygen atoms in total. The second kappa shape index (κ2) is 10.7. The van der Waals surface area contributed by atoms with E-state index in [1.165, 1.54) is 33.0 Å². The summed E-state index contributed by atoms with van der Waals surface area (Å²) in [5, 5.41) is 6.88. The van der Waals surface area contributed by atoms with Crippen molar-refractivity contribution in [3.63, 3.8) is 0 Å². The van der Waals surface area contributed by atoms with E-state index in [4.69, 9.17) is 8.83 Å². The lowest BCUT2D eigenvalue weighted by Gasteiger charge is -2.27. The summed E-state index contributed by atoms with van der Waals surface area (Å²) in [5.41, 5.74) is 14.3. The average Bonchev–Trinajstić information content (AvgIpc) is 3.81. The van der Waals surface area contributed by atoms with Crippen LogP contribution in [0, 0.1) is 0 Å². The van der Waals surface area contributed by atoms with Crippen LogP contribution in [0.2, 0.25) is 0 Å². The standard InChI is InChI=1S/C49H33NO2/c1-49(2)42-16-8-5-13-36(42)40-28-33(24-26-43(40)49)50(34-23-25-39-37-14-6-9-17-44(37)51-46(39)29-34)32-21-19-30(20-22-32)47-35-12-4-3-11-31(35)27-41-38-15-7-10-18-45(38)52-48(41)47/h3-29H,1-2H3. The number of hydrogen-bond acceptors (Lipinski definition) is 3. The van der Waals surface area contributed by atoms with Crippen LogP contribution in [0.1, 0.15) is 25.0 Å². The van der Waals surface area contributed by atoms with Crippen LogP contribution in [0.5, 0.6) is 0 Å². The molecule has 3 heteroatoms. The van der Waals surface area contributed by atoms with Gasteiger partial charge in [0.1, 0.15) is 22.3 Å². The highest BCUT2D eigenvalue weighted by atomic mass is 16.3. The maximum Gasteiger partial charge on any atom is 0.143 e. The van der Waals surface area contributed by atoms with E-state index in [9.17, 15) is 0 Å². The van der Waals surface area contributed by atoms with Gasteiger partial charge in [-0.05, 0) is 93.2 Å². The van der Waals surface area contributed by atoms with Crippen molar-refractivity contribution in [3.8, 4) is 22.3 Å². The third kappa shape index (κ3) is 4.14. The number of anilines is 3. The first-order chi connectivity index (χ1) is 25.5. The number of rotatable bonds is 4. The smallest absolute Gasteiger partial charge is 0.143 e. The predicted octanol–water partition coefficient (Wildman–Crippen LogP) is 14.1. The summed E-state index contributed by atoms with van der Waals surface area (Å²) in [6.45, 7) is 4.66. The Kier molecular flexibility index (Phi) is 6.01. The summed E-state index contributed by atoms with van der Waals surface area (Å²) in [6, 6.07) is 58.8. The van der Waals surface area contributed by atoms with E-state index in [-0.39, 0.29) is 5.41 Å². The quantitative estimate of drug-likeness (QED) is 0.187. The van der Waals surface area contributed by atoms with Gasteiger partial charge in [-0.3, -0.25) is 0 Å². The summed E-state index contributed by atoms with van der Waals surface area (Å²) in [4.78, 5) is 2.35. The number of nitrogens with zero attached hydrogens (tertiary/aromatic N) is 1. The summed E-state index contributed by atoms with van der Waals surface area (Å²) in [6.07, 6.45) is 0. The largest absolute Gasteiger partial charge is 0.456 e. The van der Waals surface area contributed by atoms with E-state index < -0.39 is 0 Å². The molecular weight excluding hydrogens is 635 g/mol. The van der Waals surface area contributed by atoms with Crippen molar-refractivity contribution < 1.29 is 8.83 Å². The highest BCUT2D eigenvalue weighted by Gasteiger charge is 2.35. The van der Waals surface area contributed by atoms with Gasteiger partial charge in [-0.15, -0.1) is 0 Å². The van der Waals surface area contributed by atoms with Crippen molar-refractivity contribution in [2.75, 3.05) is 4.90 Å². The van der Waals surface area contributed by atoms with Gasteiger partial charge in [-0.2, -0.15) is 0 Å². The molecule has 1 aliphatic carbocycles. The number of hydrogen-bond donors (Lipinski definition) is 0. The lowest BCUT2D eigenvalue weighted by Crippen LogP contribution is -2.15. The van der Waals surface area contributed by atoms with Gasteiger partial charge < -0.3 is 13.7 Å². The van der Waals surface area contributed by atoms with Crippen LogP contribution in [0.25, 0.3) is 76.9 Å². The molecule has 246 valence electrons. The third-order valence-electron chi connectivity index (χ3n) is 11.3. The molecule has 0 fully saturated rings. The van der Waals surface area contributed by atoms with Gasteiger partial charge in [0, 0.05) is 55.7 Å². The molecule has 11 rings (SSSR count). The molecule has 1 aliphatic rings. The van der Waals surface area contributed by atoms with Gasteiger partial charge in [0.2, 0.25) is 0 Å². The zero-order chi connectivity index (χ0) is 34.6. The van der Waals surface area contributed by atoms with Crippen molar-refractivity contribution in [3.05, 3.63) is 175 Å². The summed E-state index contributed by atoms with van der Waals surface area (Å²) in [5.74, 6) is 0. The molecule has 8 aromatic carbocycles. The number of fused-ring (bicyclic) bond motifs is 10. The first-order valence-electron chi connectivity index (χ1n) is 17.9. The van der Waals surface area contributed by atoms with Crippen molar-refractivity contribution in [1.29, 1.82) is 0 Å². The molecule has 0 spiro atoms. The van der Waals surface area contributed by atoms with Crippen LogP contribution in [0.3, 0.4) is 0 Å². The molecule has 0 saturated carbocycles. The SMILES string of the molecule is CC1(C)c2ccccc2-c2cc(N(c3ccc(-c4c5ccccc5cc5c4oc4ccccc45)cc3)c3ccc4c(c3)oc3ccccc34)ccc21. The third-order valence-corrected chi connectivity index (χ3v) is 11.3. The normalized spacial score (nSPS) is 13.3. The second-order valence-electron chi connectivity index (χ2n) is 14.5. The molecule has 10 aromatic rings. The number of furan rings is 2. The first-order valence-corrected chi connectivity index (χ1v) is 17.9. The maximum atomic E-state index is 6.60. The van der Waals surface area contributed by atoms with E-state index in [0.29, 0.717) is 0 Å². The molecule has 52 heavy (non-hydrogen) atoms. The lowest BCUT2D eigenvalue weighted by molar-refractivity contribution is 0.660. The van der Waals surface area contributed by atoms with E-state index in [1.807, 2.05) is 18.2 Å². The minimum atomic E-state index is -0.0649. The van der Waals surface area contributed by atoms with Crippen molar-refractivity contribution in [2.24, 2.45) is 0 Å². The van der Waals surface area contributed by atoms with Crippen molar-refractivity contribution in [1.82, 2.24) is 0 Å². The van der Waals surface area contributed by atoms with Gasteiger partial charge in [0.25, 0.3) is 0 Å². The molecule has 0 saturated heterocycles. The Labute approximate surface area is 301 Å². The second-order valence-corrected chi connectivity index (χ2v) is 14.5. The van der Waals surface area contributed by atoms with Gasteiger partial charge in [-0.25, -0.2) is 0 Å². The fourth-order valence-corrected chi connectivity index (χ4v) is 8.73. The zero-order valence-electron chi connectivity index (χ0n) is 28.9. The Morgan fingerprint density at radius 2 is 1.02 bits per heavy atom. The maximum absolute atomic E-state index is 6.60. The van der Waals surface area contributed by atoms with Gasteiger partial charge in [0.05, 0.1) is 0 Å². The van der Waals surface area contributed by atoms with E-state index in [0.717, 1.165) is 72.1 Å². The van der Waals surface area contributed by atoms with Crippen molar-refractivity contribution in [2.45, 2.75) is 19.3 Å². The highest BCUT2D eigenvalue weighted by molar-refractivity contribution is 6.18. The summed E-state index contributed by atoms with van der Waals surface area (Å²) in [7, 11) is 0. The Hall–Kier alpha value is -6.58. The number of benzene rings is 8. The molecule has 0 N–H and O–H groups in total. The summed E-state index contributed by atoms with van der Waals surface area (Å²) < 4.78 is 13.0. The highest BCUT2D eigenvalue weighted by Crippen LogP contribution is 2.51. The Bertz CT molecular complexity index is 3050. The molecule has 0 atom stereocenters. The molecule has 0 radical (unpaired) electrons. The van der Waals surface area contributed by atoms with Gasteiger partial charge in [0.15, 0.2) is 0 Å². The minimum absolute atomic E-state index is 0.0649. The zero-order valence-corrected chi connectivity index (χ0v) is 28.9. The van der Waals surface area contributed by atoms with Crippen LogP contribution in [0.4, 0.5) is 17.1 Å². The van der Waals surface area contributed by atoms with E-state index in [2.05, 4.69) is 164 Å². The molecule has 0 aliphatic heterocycles. The summed E-state index contributed by atoms with van der Waals surface area (Å²) >= 11 is 0. The predicted molar refractivity (Wildman–Crippen MR) is 216 cm³/mol. The molecule has 0 bridgehead atoms. The molecule has 2 heterocycles. The lowest BCUT2D eigenvalue weighted by atomic mass is 9.82. The van der Waals surface area contributed by atoms with Crippen LogP contribution >= 0.6 is 0 Å². The molecule has 0 amide bonds. The monoisotopic (exact) mass is 667 g/mol. The van der Waals surface area contributed by atoms with E-state index >= 15 is 0 Å². The van der Waals surface area contributed by atoms with Crippen LogP contribution in [0.15, 0.2) is 173 Å². The van der Waals surface area contributed by atoms with Crippen molar-refractivity contribution >= 4 is 71.7 Å². The Morgan fingerprint density at radius 3 is 1.85 bits per heavy atom. The van der Waals surface area contributed by atoms with E-state index in [1.54, 1.807) is 0 Å². The fraction of sp³-hybridized carbons (Fsp3) is 0.0612. The Morgan fingerprint density at radius 1 is 0.423 bits per heavy atom. The molecule has 2 aromatic heterocycles. The topological polar surface area (TPSA) is 29.5 Å².